The molecule has 1 heterocycles. The average molecular weight is 411 g/mol. The molecule has 0 aromatic heterocycles. The third kappa shape index (κ3) is 5.17. The highest BCUT2D eigenvalue weighted by molar-refractivity contribution is 5.99. The van der Waals surface area contributed by atoms with Crippen LogP contribution in [0.25, 0.3) is 0 Å². The average Bonchev–Trinajstić information content (AvgIpc) is 3.00. The van der Waals surface area contributed by atoms with Gasteiger partial charge in [0.05, 0.1) is 0 Å². The summed E-state index contributed by atoms with van der Waals surface area (Å²) in [4.78, 5) is 29.2. The monoisotopic (exact) mass is 410 g/mol. The molecule has 3 rings (SSSR count). The lowest BCUT2D eigenvalue weighted by atomic mass is 10.1. The van der Waals surface area contributed by atoms with E-state index in [1.165, 1.54) is 0 Å². The highest BCUT2D eigenvalue weighted by Crippen LogP contribution is 2.34. The first kappa shape index (κ1) is 21.8. The molecule has 160 valence electrons. The summed E-state index contributed by atoms with van der Waals surface area (Å²) in [6.07, 6.45) is 0.473. The minimum atomic E-state index is -0.280. The lowest BCUT2D eigenvalue weighted by Gasteiger charge is -2.27. The molecule has 1 aliphatic heterocycles. The van der Waals surface area contributed by atoms with Crippen molar-refractivity contribution in [3.63, 3.8) is 0 Å². The molecule has 0 unspecified atom stereocenters. The summed E-state index contributed by atoms with van der Waals surface area (Å²) in [5.74, 6) is -0.0999. The molecule has 0 aliphatic carbocycles. The molecule has 2 aromatic carbocycles. The molecule has 0 radical (unpaired) electrons. The first-order valence-corrected chi connectivity index (χ1v) is 10.2. The fourth-order valence-corrected chi connectivity index (χ4v) is 3.54. The van der Waals surface area contributed by atoms with Gasteiger partial charge in [0, 0.05) is 55.7 Å². The summed E-state index contributed by atoms with van der Waals surface area (Å²) in [5, 5.41) is 6.38. The molecule has 0 saturated heterocycles. The van der Waals surface area contributed by atoms with Crippen LogP contribution in [0.15, 0.2) is 48.5 Å². The van der Waals surface area contributed by atoms with Gasteiger partial charge in [-0.25, -0.2) is 0 Å². The summed E-state index contributed by atoms with van der Waals surface area (Å²) < 4.78 is 5.15. The van der Waals surface area contributed by atoms with Gasteiger partial charge in [-0.3, -0.25) is 9.59 Å². The molecule has 1 aliphatic rings. The van der Waals surface area contributed by atoms with E-state index >= 15 is 0 Å². The van der Waals surface area contributed by atoms with Crippen molar-refractivity contribution in [1.29, 1.82) is 0 Å². The summed E-state index contributed by atoms with van der Waals surface area (Å²) in [6.45, 7) is 2.54. The van der Waals surface area contributed by atoms with Crippen LogP contribution in [-0.2, 0) is 4.74 Å². The van der Waals surface area contributed by atoms with Crippen LogP contribution in [0.1, 0.15) is 38.9 Å². The predicted octanol–water partition coefficient (Wildman–Crippen LogP) is 2.58. The third-order valence-electron chi connectivity index (χ3n) is 5.08. The van der Waals surface area contributed by atoms with Gasteiger partial charge in [0.1, 0.15) is 6.17 Å². The molecule has 2 aromatic rings. The number of carbonyl (C=O) groups excluding carboxylic acids is 2. The van der Waals surface area contributed by atoms with E-state index in [1.807, 2.05) is 66.4 Å². The Morgan fingerprint density at radius 1 is 1.17 bits per heavy atom. The van der Waals surface area contributed by atoms with E-state index in [4.69, 9.17) is 4.74 Å². The lowest BCUT2D eigenvalue weighted by Crippen LogP contribution is -2.34. The number of nitrogens with zero attached hydrogens (tertiary/aromatic N) is 2. The number of amides is 2. The number of likely N-dealkylation sites (N-methyl/N-ethyl adjacent to an activating group) is 1. The molecule has 2 amide bonds. The van der Waals surface area contributed by atoms with Crippen molar-refractivity contribution in [2.24, 2.45) is 0 Å². The maximum absolute atomic E-state index is 12.9. The SMILES string of the molecule is COCCCN1C(=O)c2ccccc2[C@@H]1Nc1cccc(C(=O)NCCN(C)C)c1. The van der Waals surface area contributed by atoms with E-state index < -0.39 is 0 Å². The van der Waals surface area contributed by atoms with E-state index in [0.29, 0.717) is 30.8 Å². The minimum absolute atomic E-state index is 0.0109. The second-order valence-electron chi connectivity index (χ2n) is 7.62. The van der Waals surface area contributed by atoms with Gasteiger partial charge in [-0.15, -0.1) is 0 Å². The smallest absolute Gasteiger partial charge is 0.256 e. The Kier molecular flexibility index (Phi) is 7.43. The van der Waals surface area contributed by atoms with Gasteiger partial charge < -0.3 is 25.2 Å². The number of ether oxygens (including phenoxy) is 1. The normalized spacial score (nSPS) is 15.4. The Labute approximate surface area is 178 Å². The first-order chi connectivity index (χ1) is 14.5. The summed E-state index contributed by atoms with van der Waals surface area (Å²) in [6, 6.07) is 15.0. The number of fused-ring (bicyclic) bond motifs is 1. The van der Waals surface area contributed by atoms with E-state index in [-0.39, 0.29) is 18.0 Å². The number of rotatable bonds is 10. The Hall–Kier alpha value is -2.90. The maximum atomic E-state index is 12.9. The largest absolute Gasteiger partial charge is 0.385 e. The van der Waals surface area contributed by atoms with Gasteiger partial charge in [-0.1, -0.05) is 24.3 Å². The predicted molar refractivity (Wildman–Crippen MR) is 118 cm³/mol. The Bertz CT molecular complexity index is 884. The summed E-state index contributed by atoms with van der Waals surface area (Å²) in [5.41, 5.74) is 3.04. The maximum Gasteiger partial charge on any atom is 0.256 e. The summed E-state index contributed by atoms with van der Waals surface area (Å²) in [7, 11) is 5.59. The van der Waals surface area contributed by atoms with Crippen LogP contribution in [0.2, 0.25) is 0 Å². The van der Waals surface area contributed by atoms with Crippen molar-refractivity contribution in [3.05, 3.63) is 65.2 Å². The second kappa shape index (κ2) is 10.2. The van der Waals surface area contributed by atoms with E-state index in [0.717, 1.165) is 24.2 Å². The fraction of sp³-hybridized carbons (Fsp3) is 0.391. The summed E-state index contributed by atoms with van der Waals surface area (Å²) >= 11 is 0. The topological polar surface area (TPSA) is 73.9 Å². The minimum Gasteiger partial charge on any atom is -0.385 e. The van der Waals surface area contributed by atoms with Crippen molar-refractivity contribution in [2.45, 2.75) is 12.6 Å². The van der Waals surface area contributed by atoms with E-state index in [1.54, 1.807) is 13.2 Å². The number of carbonyl (C=O) groups is 2. The van der Waals surface area contributed by atoms with Crippen molar-refractivity contribution >= 4 is 17.5 Å². The zero-order chi connectivity index (χ0) is 21.5. The van der Waals surface area contributed by atoms with Crippen molar-refractivity contribution < 1.29 is 14.3 Å². The molecule has 0 bridgehead atoms. The Balaban J connectivity index is 1.76. The number of hydrogen-bond acceptors (Lipinski definition) is 5. The molecular weight excluding hydrogens is 380 g/mol. The molecule has 0 fully saturated rings. The van der Waals surface area contributed by atoms with Crippen molar-refractivity contribution in [2.75, 3.05) is 52.8 Å². The van der Waals surface area contributed by atoms with Crippen LogP contribution in [0.3, 0.4) is 0 Å². The zero-order valence-electron chi connectivity index (χ0n) is 17.9. The first-order valence-electron chi connectivity index (χ1n) is 10.2. The number of anilines is 1. The van der Waals surface area contributed by atoms with Gasteiger partial charge >= 0.3 is 0 Å². The van der Waals surface area contributed by atoms with Crippen LogP contribution < -0.4 is 10.6 Å². The van der Waals surface area contributed by atoms with E-state index in [2.05, 4.69) is 10.6 Å². The van der Waals surface area contributed by atoms with Crippen LogP contribution in [-0.4, -0.2) is 69.1 Å². The number of benzene rings is 2. The highest BCUT2D eigenvalue weighted by Gasteiger charge is 2.36. The molecule has 2 N–H and O–H groups in total. The Morgan fingerprint density at radius 3 is 2.73 bits per heavy atom. The van der Waals surface area contributed by atoms with Gasteiger partial charge in [-0.05, 0) is 44.8 Å². The van der Waals surface area contributed by atoms with Gasteiger partial charge in [0.25, 0.3) is 11.8 Å². The molecule has 7 heteroatoms. The number of nitrogens with one attached hydrogen (secondary N) is 2. The number of hydrogen-bond donors (Lipinski definition) is 2. The second-order valence-corrected chi connectivity index (χ2v) is 7.62. The zero-order valence-corrected chi connectivity index (χ0v) is 17.9. The van der Waals surface area contributed by atoms with Gasteiger partial charge in [0.2, 0.25) is 0 Å². The van der Waals surface area contributed by atoms with Gasteiger partial charge in [0.15, 0.2) is 0 Å². The van der Waals surface area contributed by atoms with E-state index in [9.17, 15) is 9.59 Å². The molecule has 30 heavy (non-hydrogen) atoms. The van der Waals surface area contributed by atoms with Crippen LogP contribution in [0.4, 0.5) is 5.69 Å². The number of methoxy groups -OCH3 is 1. The Morgan fingerprint density at radius 2 is 1.97 bits per heavy atom. The molecule has 1 atom stereocenters. The molecule has 7 nitrogen and oxygen atoms in total. The highest BCUT2D eigenvalue weighted by atomic mass is 16.5. The fourth-order valence-electron chi connectivity index (χ4n) is 3.54. The standard InChI is InChI=1S/C23H30N4O3/c1-26(2)14-12-24-22(28)17-8-6-9-18(16-17)25-21-19-10-4-5-11-20(19)23(29)27(21)13-7-15-30-3/h4-6,8-11,16,21,25H,7,12-15H2,1-3H3,(H,24,28)/t21-/m1/s1. The third-order valence-corrected chi connectivity index (χ3v) is 5.08. The quantitative estimate of drug-likeness (QED) is 0.589. The molecular formula is C23H30N4O3. The van der Waals surface area contributed by atoms with Crippen LogP contribution >= 0.6 is 0 Å². The lowest BCUT2D eigenvalue weighted by molar-refractivity contribution is 0.0721. The van der Waals surface area contributed by atoms with Crippen LogP contribution in [0.5, 0.6) is 0 Å². The molecule has 0 spiro atoms. The van der Waals surface area contributed by atoms with Gasteiger partial charge in [-0.2, -0.15) is 0 Å². The van der Waals surface area contributed by atoms with Crippen LogP contribution in [0, 0.1) is 0 Å². The van der Waals surface area contributed by atoms with Crippen molar-refractivity contribution in [1.82, 2.24) is 15.1 Å². The molecule has 0 saturated carbocycles. The van der Waals surface area contributed by atoms with Crippen molar-refractivity contribution in [3.8, 4) is 0 Å².